The molecule has 0 aromatic heterocycles. The lowest BCUT2D eigenvalue weighted by molar-refractivity contribution is 1.41. The second-order valence-electron chi connectivity index (χ2n) is 3.74. The Labute approximate surface area is 109 Å². The number of para-hydroxylation sites is 1. The van der Waals surface area contributed by atoms with Crippen LogP contribution in [0, 0.1) is 18.3 Å². The molecule has 0 unspecified atom stereocenters. The average molecular weight is 287 g/mol. The largest absolute Gasteiger partial charge is 0.354 e. The van der Waals surface area contributed by atoms with E-state index in [0.29, 0.717) is 5.56 Å². The van der Waals surface area contributed by atoms with Crippen molar-refractivity contribution in [2.24, 2.45) is 0 Å². The predicted octanol–water partition coefficient (Wildman–Crippen LogP) is 4.37. The van der Waals surface area contributed by atoms with Gasteiger partial charge in [-0.05, 0) is 36.8 Å². The average Bonchev–Trinajstić information content (AvgIpc) is 2.32. The summed E-state index contributed by atoms with van der Waals surface area (Å²) < 4.78 is 0.951. The topological polar surface area (TPSA) is 35.8 Å². The number of rotatable bonds is 2. The lowest BCUT2D eigenvalue weighted by Gasteiger charge is -2.11. The van der Waals surface area contributed by atoms with Crippen molar-refractivity contribution >= 4 is 27.3 Å². The number of benzene rings is 2. The summed E-state index contributed by atoms with van der Waals surface area (Å²) >= 11 is 3.41. The van der Waals surface area contributed by atoms with Crippen molar-refractivity contribution in [3.05, 3.63) is 58.1 Å². The number of nitrogens with one attached hydrogen (secondary N) is 1. The lowest BCUT2D eigenvalue weighted by Crippen LogP contribution is -1.95. The molecule has 17 heavy (non-hydrogen) atoms. The van der Waals surface area contributed by atoms with E-state index in [-0.39, 0.29) is 0 Å². The maximum Gasteiger partial charge on any atom is 0.101 e. The zero-order valence-corrected chi connectivity index (χ0v) is 11.0. The van der Waals surface area contributed by atoms with Crippen LogP contribution in [0.25, 0.3) is 0 Å². The summed E-state index contributed by atoms with van der Waals surface area (Å²) in [4.78, 5) is 0. The smallest absolute Gasteiger partial charge is 0.101 e. The van der Waals surface area contributed by atoms with E-state index in [1.165, 1.54) is 0 Å². The van der Waals surface area contributed by atoms with Crippen LogP contribution in [0.5, 0.6) is 0 Å². The Morgan fingerprint density at radius 2 is 1.88 bits per heavy atom. The molecule has 2 aromatic carbocycles. The van der Waals surface area contributed by atoms with Crippen molar-refractivity contribution in [3.8, 4) is 6.07 Å². The molecule has 0 bridgehead atoms. The summed E-state index contributed by atoms with van der Waals surface area (Å²) in [6.07, 6.45) is 0. The number of nitriles is 1. The number of nitrogens with zero attached hydrogens (tertiary/aromatic N) is 1. The van der Waals surface area contributed by atoms with Crippen LogP contribution in [0.3, 0.4) is 0 Å². The maximum absolute atomic E-state index is 9.05. The second-order valence-corrected chi connectivity index (χ2v) is 4.66. The van der Waals surface area contributed by atoms with Crippen LogP contribution in [-0.2, 0) is 0 Å². The highest BCUT2D eigenvalue weighted by molar-refractivity contribution is 9.10. The van der Waals surface area contributed by atoms with E-state index in [0.717, 1.165) is 21.4 Å². The molecular formula is C14H11BrN2. The van der Waals surface area contributed by atoms with Crippen molar-refractivity contribution in [2.45, 2.75) is 6.92 Å². The Balaban J connectivity index is 2.40. The SMILES string of the molecule is Cc1ccccc1Nc1cc(Br)ccc1C#N. The van der Waals surface area contributed by atoms with Gasteiger partial charge in [-0.2, -0.15) is 5.26 Å². The van der Waals surface area contributed by atoms with Gasteiger partial charge in [0.25, 0.3) is 0 Å². The van der Waals surface area contributed by atoms with Crippen molar-refractivity contribution in [1.29, 1.82) is 5.26 Å². The third-order valence-electron chi connectivity index (χ3n) is 2.52. The molecule has 2 aromatic rings. The first-order valence-corrected chi connectivity index (χ1v) is 6.02. The highest BCUT2D eigenvalue weighted by atomic mass is 79.9. The molecule has 2 rings (SSSR count). The predicted molar refractivity (Wildman–Crippen MR) is 73.3 cm³/mol. The van der Waals surface area contributed by atoms with Gasteiger partial charge in [0.2, 0.25) is 0 Å². The molecular weight excluding hydrogens is 276 g/mol. The van der Waals surface area contributed by atoms with E-state index in [1.54, 1.807) is 6.07 Å². The molecule has 0 atom stereocenters. The number of aryl methyl sites for hydroxylation is 1. The maximum atomic E-state index is 9.05. The number of hydrogen-bond acceptors (Lipinski definition) is 2. The van der Waals surface area contributed by atoms with Gasteiger partial charge in [0, 0.05) is 10.2 Å². The highest BCUT2D eigenvalue weighted by Crippen LogP contribution is 2.26. The quantitative estimate of drug-likeness (QED) is 0.890. The van der Waals surface area contributed by atoms with Crippen LogP contribution < -0.4 is 5.32 Å². The van der Waals surface area contributed by atoms with Gasteiger partial charge >= 0.3 is 0 Å². The van der Waals surface area contributed by atoms with Gasteiger partial charge in [-0.1, -0.05) is 34.1 Å². The Hall–Kier alpha value is -1.79. The van der Waals surface area contributed by atoms with Gasteiger partial charge in [-0.25, -0.2) is 0 Å². The molecule has 0 amide bonds. The molecule has 0 radical (unpaired) electrons. The van der Waals surface area contributed by atoms with Crippen LogP contribution in [0.1, 0.15) is 11.1 Å². The molecule has 0 aliphatic rings. The van der Waals surface area contributed by atoms with Gasteiger partial charge in [-0.15, -0.1) is 0 Å². The zero-order chi connectivity index (χ0) is 12.3. The molecule has 0 spiro atoms. The molecule has 0 saturated carbocycles. The molecule has 0 aliphatic carbocycles. The molecule has 84 valence electrons. The number of halogens is 1. The van der Waals surface area contributed by atoms with E-state index < -0.39 is 0 Å². The summed E-state index contributed by atoms with van der Waals surface area (Å²) in [5.74, 6) is 0. The number of anilines is 2. The molecule has 3 heteroatoms. The van der Waals surface area contributed by atoms with Gasteiger partial charge in [0.1, 0.15) is 6.07 Å². The van der Waals surface area contributed by atoms with Gasteiger partial charge in [0.05, 0.1) is 11.3 Å². The van der Waals surface area contributed by atoms with E-state index in [9.17, 15) is 0 Å². The Kier molecular flexibility index (Phi) is 3.46. The Morgan fingerprint density at radius 3 is 2.59 bits per heavy atom. The van der Waals surface area contributed by atoms with E-state index in [4.69, 9.17) is 5.26 Å². The minimum Gasteiger partial charge on any atom is -0.354 e. The second kappa shape index (κ2) is 5.03. The van der Waals surface area contributed by atoms with Gasteiger partial charge < -0.3 is 5.32 Å². The fourth-order valence-corrected chi connectivity index (χ4v) is 1.94. The van der Waals surface area contributed by atoms with Crippen molar-refractivity contribution < 1.29 is 0 Å². The number of hydrogen-bond donors (Lipinski definition) is 1. The molecule has 0 saturated heterocycles. The first kappa shape index (κ1) is 11.7. The lowest BCUT2D eigenvalue weighted by atomic mass is 10.1. The normalized spacial score (nSPS) is 9.71. The zero-order valence-electron chi connectivity index (χ0n) is 9.37. The van der Waals surface area contributed by atoms with E-state index in [2.05, 4.69) is 27.3 Å². The fourth-order valence-electron chi connectivity index (χ4n) is 1.58. The summed E-state index contributed by atoms with van der Waals surface area (Å²) in [6, 6.07) is 15.7. The standard InChI is InChI=1S/C14H11BrN2/c1-10-4-2-3-5-13(10)17-14-8-12(15)7-6-11(14)9-16/h2-8,17H,1H3. The van der Waals surface area contributed by atoms with Crippen LogP contribution in [0.4, 0.5) is 11.4 Å². The van der Waals surface area contributed by atoms with Gasteiger partial charge in [-0.3, -0.25) is 0 Å². The Morgan fingerprint density at radius 1 is 1.12 bits per heavy atom. The molecule has 2 nitrogen and oxygen atoms in total. The third kappa shape index (κ3) is 2.66. The van der Waals surface area contributed by atoms with Crippen molar-refractivity contribution in [2.75, 3.05) is 5.32 Å². The monoisotopic (exact) mass is 286 g/mol. The first-order chi connectivity index (χ1) is 8.20. The van der Waals surface area contributed by atoms with Crippen molar-refractivity contribution in [3.63, 3.8) is 0 Å². The fraction of sp³-hybridized carbons (Fsp3) is 0.0714. The molecule has 0 aliphatic heterocycles. The highest BCUT2D eigenvalue weighted by Gasteiger charge is 2.04. The Bertz CT molecular complexity index is 585. The summed E-state index contributed by atoms with van der Waals surface area (Å²) in [7, 11) is 0. The molecule has 1 N–H and O–H groups in total. The van der Waals surface area contributed by atoms with Crippen LogP contribution in [0.15, 0.2) is 46.9 Å². The van der Waals surface area contributed by atoms with Crippen LogP contribution in [0.2, 0.25) is 0 Å². The summed E-state index contributed by atoms with van der Waals surface area (Å²) in [6.45, 7) is 2.03. The van der Waals surface area contributed by atoms with Crippen LogP contribution in [-0.4, -0.2) is 0 Å². The minimum atomic E-state index is 0.636. The molecule has 0 heterocycles. The van der Waals surface area contributed by atoms with Crippen LogP contribution >= 0.6 is 15.9 Å². The van der Waals surface area contributed by atoms with Gasteiger partial charge in [0.15, 0.2) is 0 Å². The third-order valence-corrected chi connectivity index (χ3v) is 3.01. The minimum absolute atomic E-state index is 0.636. The van der Waals surface area contributed by atoms with E-state index >= 15 is 0 Å². The van der Waals surface area contributed by atoms with Crippen molar-refractivity contribution in [1.82, 2.24) is 0 Å². The summed E-state index contributed by atoms with van der Waals surface area (Å²) in [5.41, 5.74) is 3.62. The first-order valence-electron chi connectivity index (χ1n) is 5.23. The van der Waals surface area contributed by atoms with E-state index in [1.807, 2.05) is 43.3 Å². The summed E-state index contributed by atoms with van der Waals surface area (Å²) in [5, 5.41) is 12.3. The molecule has 0 fully saturated rings.